The maximum absolute atomic E-state index is 12.4. The van der Waals surface area contributed by atoms with Crippen molar-refractivity contribution in [2.45, 2.75) is 37.3 Å². The Morgan fingerprint density at radius 2 is 2.04 bits per heavy atom. The SMILES string of the molecule is C[C@@H](CCNC(=O)CSc1nc2ccccc2n(C)c1=O)N1CCCC1. The molecule has 1 aliphatic rings. The minimum Gasteiger partial charge on any atom is -0.355 e. The van der Waals surface area contributed by atoms with Crippen molar-refractivity contribution in [2.75, 3.05) is 25.4 Å². The molecule has 1 N–H and O–H groups in total. The molecule has 2 aromatic rings. The summed E-state index contributed by atoms with van der Waals surface area (Å²) < 4.78 is 1.58. The molecule has 0 spiro atoms. The van der Waals surface area contributed by atoms with E-state index in [2.05, 4.69) is 22.1 Å². The van der Waals surface area contributed by atoms with Crippen LogP contribution in [-0.4, -0.2) is 51.8 Å². The third-order valence-electron chi connectivity index (χ3n) is 4.94. The van der Waals surface area contributed by atoms with Crippen molar-refractivity contribution in [3.05, 3.63) is 34.6 Å². The fourth-order valence-electron chi connectivity index (χ4n) is 3.32. The number of hydrogen-bond acceptors (Lipinski definition) is 5. The third kappa shape index (κ3) is 4.45. The second-order valence-electron chi connectivity index (χ2n) is 6.79. The monoisotopic (exact) mass is 374 g/mol. The van der Waals surface area contributed by atoms with Gasteiger partial charge in [0, 0.05) is 19.6 Å². The molecule has 7 heteroatoms. The van der Waals surface area contributed by atoms with Crippen molar-refractivity contribution in [3.63, 3.8) is 0 Å². The van der Waals surface area contributed by atoms with Crippen molar-refractivity contribution < 1.29 is 4.79 Å². The Morgan fingerprint density at radius 3 is 2.81 bits per heavy atom. The number of nitrogens with one attached hydrogen (secondary N) is 1. The first-order valence-electron chi connectivity index (χ1n) is 9.15. The van der Waals surface area contributed by atoms with Gasteiger partial charge in [-0.3, -0.25) is 9.59 Å². The van der Waals surface area contributed by atoms with E-state index in [0.717, 1.165) is 17.5 Å². The lowest BCUT2D eigenvalue weighted by Gasteiger charge is -2.23. The topological polar surface area (TPSA) is 67.2 Å². The standard InChI is InChI=1S/C19H26N4O2S/c1-14(23-11-5-6-12-23)9-10-20-17(24)13-26-18-19(25)22(2)16-8-4-3-7-15(16)21-18/h3-4,7-8,14H,5-6,9-13H2,1-2H3,(H,20,24)/t14-/m0/s1. The fraction of sp³-hybridized carbons (Fsp3) is 0.526. The molecule has 1 atom stereocenters. The van der Waals surface area contributed by atoms with Crippen LogP contribution in [0.1, 0.15) is 26.2 Å². The summed E-state index contributed by atoms with van der Waals surface area (Å²) >= 11 is 1.20. The molecule has 1 fully saturated rings. The number of carbonyl (C=O) groups excluding carboxylic acids is 1. The van der Waals surface area contributed by atoms with Gasteiger partial charge in [0.2, 0.25) is 5.91 Å². The highest BCUT2D eigenvalue weighted by Gasteiger charge is 2.18. The van der Waals surface area contributed by atoms with E-state index in [4.69, 9.17) is 0 Å². The molecule has 6 nitrogen and oxygen atoms in total. The lowest BCUT2D eigenvalue weighted by atomic mass is 10.2. The number of amides is 1. The number of thioether (sulfide) groups is 1. The minimum atomic E-state index is -0.163. The molecule has 0 radical (unpaired) electrons. The lowest BCUT2D eigenvalue weighted by Crippen LogP contribution is -2.35. The fourth-order valence-corrected chi connectivity index (χ4v) is 4.11. The zero-order valence-electron chi connectivity index (χ0n) is 15.4. The minimum absolute atomic E-state index is 0.0550. The molecule has 1 saturated heterocycles. The summed E-state index contributed by atoms with van der Waals surface area (Å²) in [6.45, 7) is 5.22. The average Bonchev–Trinajstić information content (AvgIpc) is 3.18. The highest BCUT2D eigenvalue weighted by Crippen LogP contribution is 2.16. The Kier molecular flexibility index (Phi) is 6.32. The number of likely N-dealkylation sites (tertiary alicyclic amines) is 1. The summed E-state index contributed by atoms with van der Waals surface area (Å²) in [6, 6.07) is 8.01. The van der Waals surface area contributed by atoms with Gasteiger partial charge in [-0.2, -0.15) is 0 Å². The van der Waals surface area contributed by atoms with Gasteiger partial charge in [0.15, 0.2) is 5.03 Å². The van der Waals surface area contributed by atoms with E-state index in [1.54, 1.807) is 11.6 Å². The van der Waals surface area contributed by atoms with Crippen molar-refractivity contribution >= 4 is 28.7 Å². The first-order chi connectivity index (χ1) is 12.6. The van der Waals surface area contributed by atoms with Gasteiger partial charge in [-0.25, -0.2) is 4.98 Å². The molecule has 1 aromatic heterocycles. The molecule has 2 heterocycles. The molecule has 0 aliphatic carbocycles. The highest BCUT2D eigenvalue weighted by atomic mass is 32.2. The molecule has 0 unspecified atom stereocenters. The Morgan fingerprint density at radius 1 is 1.31 bits per heavy atom. The Balaban J connectivity index is 1.50. The zero-order valence-corrected chi connectivity index (χ0v) is 16.2. The molecule has 1 aromatic carbocycles. The number of hydrogen-bond donors (Lipinski definition) is 1. The van der Waals surface area contributed by atoms with Gasteiger partial charge >= 0.3 is 0 Å². The van der Waals surface area contributed by atoms with Crippen LogP contribution in [-0.2, 0) is 11.8 Å². The molecule has 1 amide bonds. The maximum Gasteiger partial charge on any atom is 0.283 e. The number of nitrogens with zero attached hydrogens (tertiary/aromatic N) is 3. The second-order valence-corrected chi connectivity index (χ2v) is 7.75. The number of aryl methyl sites for hydroxylation is 1. The van der Waals surface area contributed by atoms with Crippen LogP contribution in [0.4, 0.5) is 0 Å². The van der Waals surface area contributed by atoms with Crippen molar-refractivity contribution in [3.8, 4) is 0 Å². The average molecular weight is 375 g/mol. The van der Waals surface area contributed by atoms with Crippen LogP contribution in [0, 0.1) is 0 Å². The zero-order chi connectivity index (χ0) is 18.5. The van der Waals surface area contributed by atoms with Gasteiger partial charge in [-0.05, 0) is 51.4 Å². The van der Waals surface area contributed by atoms with E-state index in [-0.39, 0.29) is 17.2 Å². The quantitative estimate of drug-likeness (QED) is 0.751. The van der Waals surface area contributed by atoms with E-state index in [1.165, 1.54) is 37.7 Å². The summed E-state index contributed by atoms with van der Waals surface area (Å²) in [4.78, 5) is 31.4. The molecule has 26 heavy (non-hydrogen) atoms. The van der Waals surface area contributed by atoms with Crippen LogP contribution in [0.2, 0.25) is 0 Å². The van der Waals surface area contributed by atoms with Gasteiger partial charge < -0.3 is 14.8 Å². The van der Waals surface area contributed by atoms with Gasteiger partial charge in [0.1, 0.15) is 0 Å². The van der Waals surface area contributed by atoms with Crippen LogP contribution >= 0.6 is 11.8 Å². The Hall–Kier alpha value is -1.86. The summed E-state index contributed by atoms with van der Waals surface area (Å²) in [5.74, 6) is 0.152. The molecule has 0 saturated carbocycles. The number of rotatable bonds is 7. The van der Waals surface area contributed by atoms with Crippen LogP contribution < -0.4 is 10.9 Å². The molecule has 1 aliphatic heterocycles. The van der Waals surface area contributed by atoms with E-state index < -0.39 is 0 Å². The van der Waals surface area contributed by atoms with E-state index in [1.807, 2.05) is 24.3 Å². The number of fused-ring (bicyclic) bond motifs is 1. The third-order valence-corrected chi connectivity index (χ3v) is 5.89. The summed E-state index contributed by atoms with van der Waals surface area (Å²) in [5, 5.41) is 3.32. The molecule has 140 valence electrons. The smallest absolute Gasteiger partial charge is 0.283 e. The summed E-state index contributed by atoms with van der Waals surface area (Å²) in [5.41, 5.74) is 1.39. The van der Waals surface area contributed by atoms with E-state index in [9.17, 15) is 9.59 Å². The van der Waals surface area contributed by atoms with Crippen LogP contribution in [0.15, 0.2) is 34.1 Å². The molecular formula is C19H26N4O2S. The normalized spacial score (nSPS) is 16.1. The Labute approximate surface area is 158 Å². The molecule has 3 rings (SSSR count). The van der Waals surface area contributed by atoms with E-state index >= 15 is 0 Å². The maximum atomic E-state index is 12.4. The highest BCUT2D eigenvalue weighted by molar-refractivity contribution is 7.99. The first-order valence-corrected chi connectivity index (χ1v) is 10.1. The van der Waals surface area contributed by atoms with Gasteiger partial charge in [0.05, 0.1) is 16.8 Å². The number of carbonyl (C=O) groups is 1. The first kappa shape index (κ1) is 18.9. The van der Waals surface area contributed by atoms with Crippen molar-refractivity contribution in [2.24, 2.45) is 7.05 Å². The lowest BCUT2D eigenvalue weighted by molar-refractivity contribution is -0.118. The van der Waals surface area contributed by atoms with Crippen molar-refractivity contribution in [1.29, 1.82) is 0 Å². The Bertz CT molecular complexity index is 830. The number of benzene rings is 1. The van der Waals surface area contributed by atoms with Gasteiger partial charge in [-0.1, -0.05) is 23.9 Å². The van der Waals surface area contributed by atoms with Crippen LogP contribution in [0.25, 0.3) is 11.0 Å². The second kappa shape index (κ2) is 8.68. The van der Waals surface area contributed by atoms with E-state index in [0.29, 0.717) is 17.6 Å². The van der Waals surface area contributed by atoms with Crippen LogP contribution in [0.5, 0.6) is 0 Å². The van der Waals surface area contributed by atoms with Crippen molar-refractivity contribution in [1.82, 2.24) is 19.8 Å². The number of aromatic nitrogens is 2. The summed E-state index contributed by atoms with van der Waals surface area (Å²) in [7, 11) is 1.73. The van der Waals surface area contributed by atoms with Gasteiger partial charge in [-0.15, -0.1) is 0 Å². The predicted molar refractivity (Wildman–Crippen MR) is 106 cm³/mol. The molecular weight excluding hydrogens is 348 g/mol. The molecule has 0 bridgehead atoms. The summed E-state index contributed by atoms with van der Waals surface area (Å²) in [6.07, 6.45) is 3.51. The largest absolute Gasteiger partial charge is 0.355 e. The van der Waals surface area contributed by atoms with Gasteiger partial charge in [0.25, 0.3) is 5.56 Å². The number of para-hydroxylation sites is 2. The predicted octanol–water partition coefficient (Wildman–Crippen LogP) is 2.02. The van der Waals surface area contributed by atoms with Crippen LogP contribution in [0.3, 0.4) is 0 Å².